The van der Waals surface area contributed by atoms with Crippen LogP contribution in [0.3, 0.4) is 0 Å². The van der Waals surface area contributed by atoms with Crippen molar-refractivity contribution in [2.45, 2.75) is 19.4 Å². The fourth-order valence-electron chi connectivity index (χ4n) is 0.743. The number of hydrogen-bond acceptors (Lipinski definition) is 6. The summed E-state index contributed by atoms with van der Waals surface area (Å²) in [5.41, 5.74) is 5.01. The van der Waals surface area contributed by atoms with Crippen molar-refractivity contribution in [3.05, 3.63) is 0 Å². The summed E-state index contributed by atoms with van der Waals surface area (Å²) in [6, 6.07) is -2.09. The van der Waals surface area contributed by atoms with Crippen LogP contribution in [0, 0.1) is 0 Å². The van der Waals surface area contributed by atoms with Gasteiger partial charge in [0, 0.05) is 0 Å². The second-order valence-corrected chi connectivity index (χ2v) is 3.06. The third-order valence-corrected chi connectivity index (χ3v) is 1.44. The maximum absolute atomic E-state index is 10.5. The Labute approximate surface area is 95.3 Å². The van der Waals surface area contributed by atoms with Gasteiger partial charge in [-0.2, -0.15) is 0 Å². The minimum Gasteiger partial charge on any atom is -0.481 e. The lowest BCUT2D eigenvalue weighted by molar-refractivity contribution is -0.140. The van der Waals surface area contributed by atoms with E-state index in [4.69, 9.17) is 10.8 Å². The molecule has 17 heavy (non-hydrogen) atoms. The van der Waals surface area contributed by atoms with Crippen molar-refractivity contribution in [1.29, 1.82) is 0 Å². The molecule has 1 fully saturated rings. The Bertz CT molecular complexity index is 345. The van der Waals surface area contributed by atoms with Crippen LogP contribution < -0.4 is 16.4 Å². The first-order valence-electron chi connectivity index (χ1n) is 4.36. The summed E-state index contributed by atoms with van der Waals surface area (Å²) in [6.45, 7) is 1.24. The standard InChI is InChI=1S/C4H5N3O3.C4H6O3/c5-1-2(8)6-4(10)7-3(1)9;1-3(5)2-4(6)7/h1H,5H2,(H2,6,7,8,9,10);2H2,1H3,(H,6,7). The number of imide groups is 2. The third-order valence-electron chi connectivity index (χ3n) is 1.44. The molecule has 5 N–H and O–H groups in total. The van der Waals surface area contributed by atoms with Crippen molar-refractivity contribution in [3.8, 4) is 0 Å². The van der Waals surface area contributed by atoms with E-state index in [1.165, 1.54) is 6.92 Å². The number of barbiturate groups is 1. The number of carboxylic acids is 1. The molecular formula is C8H11N3O6. The van der Waals surface area contributed by atoms with Gasteiger partial charge in [-0.1, -0.05) is 0 Å². The number of Topliss-reactive ketones (excluding diaryl/α,β-unsaturated/α-hetero) is 1. The van der Waals surface area contributed by atoms with E-state index in [9.17, 15) is 24.0 Å². The number of ketones is 1. The van der Waals surface area contributed by atoms with Crippen LogP contribution in [-0.2, 0) is 19.2 Å². The topological polar surface area (TPSA) is 156 Å². The highest BCUT2D eigenvalue weighted by molar-refractivity contribution is 6.18. The van der Waals surface area contributed by atoms with Crippen LogP contribution in [0.15, 0.2) is 0 Å². The van der Waals surface area contributed by atoms with Gasteiger partial charge in [0.15, 0.2) is 6.04 Å². The summed E-state index contributed by atoms with van der Waals surface area (Å²) in [5.74, 6) is -2.91. The number of rotatable bonds is 2. The van der Waals surface area contributed by atoms with Crippen molar-refractivity contribution >= 4 is 29.6 Å². The van der Waals surface area contributed by atoms with E-state index < -0.39 is 29.9 Å². The summed E-state index contributed by atoms with van der Waals surface area (Å²) in [5, 5.41) is 11.5. The molecule has 1 aliphatic rings. The molecule has 0 aromatic rings. The van der Waals surface area contributed by atoms with Crippen LogP contribution in [0.25, 0.3) is 0 Å². The molecule has 0 unspecified atom stereocenters. The molecule has 0 atom stereocenters. The number of amides is 4. The number of carbonyl (C=O) groups is 5. The van der Waals surface area contributed by atoms with Crippen LogP contribution in [0.5, 0.6) is 0 Å². The molecule has 0 aliphatic carbocycles. The zero-order chi connectivity index (χ0) is 13.6. The monoisotopic (exact) mass is 245 g/mol. The van der Waals surface area contributed by atoms with E-state index in [0.29, 0.717) is 0 Å². The zero-order valence-electron chi connectivity index (χ0n) is 8.85. The smallest absolute Gasteiger partial charge is 0.328 e. The highest BCUT2D eigenvalue weighted by Crippen LogP contribution is 1.85. The van der Waals surface area contributed by atoms with Gasteiger partial charge in [0.05, 0.1) is 0 Å². The molecule has 1 aliphatic heterocycles. The number of aliphatic carboxylic acids is 1. The largest absolute Gasteiger partial charge is 0.481 e. The molecule has 9 heteroatoms. The van der Waals surface area contributed by atoms with Gasteiger partial charge in [-0.05, 0) is 6.92 Å². The molecule has 0 bridgehead atoms. The minimum atomic E-state index is -1.27. The number of carboxylic acid groups (broad SMARTS) is 1. The van der Waals surface area contributed by atoms with Crippen LogP contribution in [0.1, 0.15) is 13.3 Å². The molecule has 9 nitrogen and oxygen atoms in total. The summed E-state index contributed by atoms with van der Waals surface area (Å²) >= 11 is 0. The average molecular weight is 245 g/mol. The Morgan fingerprint density at radius 3 is 1.88 bits per heavy atom. The predicted octanol–water partition coefficient (Wildman–Crippen LogP) is -2.27. The molecule has 0 aromatic carbocycles. The molecule has 1 rings (SSSR count). The summed E-state index contributed by atoms with van der Waals surface area (Å²) in [6.07, 6.45) is -0.361. The van der Waals surface area contributed by atoms with Gasteiger partial charge in [-0.15, -0.1) is 0 Å². The lowest BCUT2D eigenvalue weighted by atomic mass is 10.2. The molecule has 4 amide bonds. The predicted molar refractivity (Wildman–Crippen MR) is 52.6 cm³/mol. The maximum Gasteiger partial charge on any atom is 0.328 e. The van der Waals surface area contributed by atoms with Gasteiger partial charge in [-0.25, -0.2) is 4.79 Å². The maximum atomic E-state index is 10.5. The van der Waals surface area contributed by atoms with Crippen molar-refractivity contribution in [3.63, 3.8) is 0 Å². The van der Waals surface area contributed by atoms with Crippen LogP contribution in [-0.4, -0.2) is 40.7 Å². The number of carbonyl (C=O) groups excluding carboxylic acids is 4. The molecule has 0 radical (unpaired) electrons. The quantitative estimate of drug-likeness (QED) is 0.399. The SMILES string of the molecule is CC(=O)CC(=O)O.NC1C(=O)NC(=O)NC1=O. The van der Waals surface area contributed by atoms with E-state index in [-0.39, 0.29) is 12.2 Å². The van der Waals surface area contributed by atoms with Crippen molar-refractivity contribution in [2.24, 2.45) is 5.73 Å². The molecule has 0 aromatic heterocycles. The van der Waals surface area contributed by atoms with Gasteiger partial charge in [0.25, 0.3) is 11.8 Å². The van der Waals surface area contributed by atoms with Crippen molar-refractivity contribution < 1.29 is 29.1 Å². The van der Waals surface area contributed by atoms with E-state index in [1.54, 1.807) is 0 Å². The summed E-state index contributed by atoms with van der Waals surface area (Å²) < 4.78 is 0. The molecule has 0 spiro atoms. The van der Waals surface area contributed by atoms with Crippen LogP contribution >= 0.6 is 0 Å². The van der Waals surface area contributed by atoms with E-state index in [1.807, 2.05) is 10.6 Å². The highest BCUT2D eigenvalue weighted by atomic mass is 16.4. The Morgan fingerprint density at radius 1 is 1.24 bits per heavy atom. The second kappa shape index (κ2) is 6.33. The molecule has 1 saturated heterocycles. The Kier molecular flexibility index (Phi) is 5.47. The Morgan fingerprint density at radius 2 is 1.65 bits per heavy atom. The van der Waals surface area contributed by atoms with Gasteiger partial charge < -0.3 is 10.8 Å². The molecule has 0 saturated carbocycles. The fraction of sp³-hybridized carbons (Fsp3) is 0.375. The number of urea groups is 1. The number of nitrogens with two attached hydrogens (primary N) is 1. The van der Waals surface area contributed by atoms with Gasteiger partial charge in [0.2, 0.25) is 0 Å². The normalized spacial score (nSPS) is 15.3. The first-order chi connectivity index (χ1) is 7.73. The molecule has 94 valence electrons. The lowest BCUT2D eigenvalue weighted by Crippen LogP contribution is -2.61. The Hall–Kier alpha value is -2.29. The average Bonchev–Trinajstić information content (AvgIpc) is 2.12. The lowest BCUT2D eigenvalue weighted by Gasteiger charge is -2.15. The van der Waals surface area contributed by atoms with Gasteiger partial charge in [0.1, 0.15) is 12.2 Å². The first-order valence-corrected chi connectivity index (χ1v) is 4.36. The summed E-state index contributed by atoms with van der Waals surface area (Å²) in [7, 11) is 0. The van der Waals surface area contributed by atoms with Crippen molar-refractivity contribution in [1.82, 2.24) is 10.6 Å². The van der Waals surface area contributed by atoms with Gasteiger partial charge in [-0.3, -0.25) is 29.8 Å². The first kappa shape index (κ1) is 14.7. The van der Waals surface area contributed by atoms with Gasteiger partial charge >= 0.3 is 12.0 Å². The van der Waals surface area contributed by atoms with Crippen LogP contribution in [0.2, 0.25) is 0 Å². The number of nitrogens with one attached hydrogen (secondary N) is 2. The molecule has 1 heterocycles. The van der Waals surface area contributed by atoms with E-state index >= 15 is 0 Å². The Balaban J connectivity index is 0.000000325. The zero-order valence-corrected chi connectivity index (χ0v) is 8.85. The van der Waals surface area contributed by atoms with Crippen LogP contribution in [0.4, 0.5) is 4.79 Å². The van der Waals surface area contributed by atoms with E-state index in [0.717, 1.165) is 0 Å². The fourth-order valence-corrected chi connectivity index (χ4v) is 0.743. The van der Waals surface area contributed by atoms with Crippen molar-refractivity contribution in [2.75, 3.05) is 0 Å². The minimum absolute atomic E-state index is 0.312. The van der Waals surface area contributed by atoms with E-state index in [2.05, 4.69) is 0 Å². The highest BCUT2D eigenvalue weighted by Gasteiger charge is 2.30. The molecular weight excluding hydrogens is 234 g/mol. The number of hydrogen-bond donors (Lipinski definition) is 4. The second-order valence-electron chi connectivity index (χ2n) is 3.06. The third kappa shape index (κ3) is 5.99. The summed E-state index contributed by atoms with van der Waals surface area (Å²) in [4.78, 5) is 50.8.